The van der Waals surface area contributed by atoms with Gasteiger partial charge in [0.2, 0.25) is 0 Å². The van der Waals surface area contributed by atoms with Gasteiger partial charge >= 0.3 is 0 Å². The fraction of sp³-hybridized carbons (Fsp3) is 0.250. The van der Waals surface area contributed by atoms with E-state index in [1.54, 1.807) is 18.2 Å². The monoisotopic (exact) mass is 294 g/mol. The molecular formula is C16H16ClFO2. The zero-order valence-electron chi connectivity index (χ0n) is 11.1. The highest BCUT2D eigenvalue weighted by Gasteiger charge is 2.05. The van der Waals surface area contributed by atoms with Gasteiger partial charge in [-0.2, -0.15) is 0 Å². The van der Waals surface area contributed by atoms with Crippen LogP contribution in [0.5, 0.6) is 5.75 Å². The first-order chi connectivity index (χ1) is 9.60. The van der Waals surface area contributed by atoms with E-state index in [4.69, 9.17) is 16.3 Å². The number of hydrogen-bond donors (Lipinski definition) is 1. The molecule has 1 atom stereocenters. The molecule has 0 aliphatic rings. The van der Waals surface area contributed by atoms with Crippen molar-refractivity contribution in [2.24, 2.45) is 0 Å². The summed E-state index contributed by atoms with van der Waals surface area (Å²) in [6.45, 7) is 2.19. The molecule has 0 aromatic heterocycles. The standard InChI is InChI=1S/C16H16ClFO2/c1-2-16(19)12-4-6-13(7-5-12)20-10-11-3-8-14(17)15(18)9-11/h3-9,16,19H,2,10H2,1H3. The first kappa shape index (κ1) is 14.8. The molecule has 1 unspecified atom stereocenters. The van der Waals surface area contributed by atoms with Crippen LogP contribution >= 0.6 is 11.6 Å². The van der Waals surface area contributed by atoms with Gasteiger partial charge in [-0.05, 0) is 41.8 Å². The van der Waals surface area contributed by atoms with Crippen LogP contribution in [0.15, 0.2) is 42.5 Å². The number of aliphatic hydroxyl groups excluding tert-OH is 1. The summed E-state index contributed by atoms with van der Waals surface area (Å²) in [6.07, 6.45) is 0.221. The molecule has 2 aromatic carbocycles. The molecular weight excluding hydrogens is 279 g/mol. The summed E-state index contributed by atoms with van der Waals surface area (Å²) in [5, 5.41) is 9.79. The highest BCUT2D eigenvalue weighted by molar-refractivity contribution is 6.30. The lowest BCUT2D eigenvalue weighted by Gasteiger charge is -2.10. The first-order valence-corrected chi connectivity index (χ1v) is 6.82. The quantitative estimate of drug-likeness (QED) is 0.879. The van der Waals surface area contributed by atoms with E-state index in [9.17, 15) is 9.50 Å². The predicted molar refractivity (Wildman–Crippen MR) is 77.4 cm³/mol. The fourth-order valence-corrected chi connectivity index (χ4v) is 1.94. The van der Waals surface area contributed by atoms with Gasteiger partial charge in [-0.1, -0.05) is 36.7 Å². The molecule has 2 nitrogen and oxygen atoms in total. The third-order valence-corrected chi connectivity index (χ3v) is 3.35. The van der Waals surface area contributed by atoms with Crippen molar-refractivity contribution in [2.45, 2.75) is 26.1 Å². The highest BCUT2D eigenvalue weighted by Crippen LogP contribution is 2.21. The van der Waals surface area contributed by atoms with Crippen molar-refractivity contribution >= 4 is 11.6 Å². The van der Waals surface area contributed by atoms with Crippen molar-refractivity contribution in [1.29, 1.82) is 0 Å². The van der Waals surface area contributed by atoms with Crippen LogP contribution in [-0.2, 0) is 6.61 Å². The van der Waals surface area contributed by atoms with E-state index in [1.165, 1.54) is 12.1 Å². The Morgan fingerprint density at radius 2 is 1.90 bits per heavy atom. The summed E-state index contributed by atoms with van der Waals surface area (Å²) < 4.78 is 18.8. The van der Waals surface area contributed by atoms with Gasteiger partial charge in [0, 0.05) is 0 Å². The van der Waals surface area contributed by atoms with Crippen LogP contribution in [0.4, 0.5) is 4.39 Å². The SMILES string of the molecule is CCC(O)c1ccc(OCc2ccc(Cl)c(F)c2)cc1. The average Bonchev–Trinajstić information content (AvgIpc) is 2.48. The molecule has 0 amide bonds. The summed E-state index contributed by atoms with van der Waals surface area (Å²) in [5.74, 6) is 0.224. The lowest BCUT2D eigenvalue weighted by Crippen LogP contribution is -1.98. The van der Waals surface area contributed by atoms with Gasteiger partial charge in [0.25, 0.3) is 0 Å². The zero-order chi connectivity index (χ0) is 14.5. The molecule has 0 aliphatic heterocycles. The third kappa shape index (κ3) is 3.71. The van der Waals surface area contributed by atoms with E-state index >= 15 is 0 Å². The van der Waals surface area contributed by atoms with Gasteiger partial charge < -0.3 is 9.84 Å². The Labute approximate surface area is 122 Å². The maximum Gasteiger partial charge on any atom is 0.142 e. The van der Waals surface area contributed by atoms with Crippen LogP contribution in [0, 0.1) is 5.82 Å². The third-order valence-electron chi connectivity index (χ3n) is 3.04. The Balaban J connectivity index is 1.98. The van der Waals surface area contributed by atoms with Gasteiger partial charge in [0.05, 0.1) is 11.1 Å². The molecule has 0 heterocycles. The molecule has 0 radical (unpaired) electrons. The van der Waals surface area contributed by atoms with Gasteiger partial charge in [-0.3, -0.25) is 0 Å². The minimum Gasteiger partial charge on any atom is -0.489 e. The highest BCUT2D eigenvalue weighted by atomic mass is 35.5. The summed E-state index contributed by atoms with van der Waals surface area (Å²) in [5.41, 5.74) is 1.57. The van der Waals surface area contributed by atoms with Crippen LogP contribution in [-0.4, -0.2) is 5.11 Å². The lowest BCUT2D eigenvalue weighted by atomic mass is 10.1. The zero-order valence-corrected chi connectivity index (χ0v) is 11.9. The van der Waals surface area contributed by atoms with Gasteiger partial charge in [-0.15, -0.1) is 0 Å². The van der Waals surface area contributed by atoms with E-state index in [0.29, 0.717) is 17.7 Å². The Bertz CT molecular complexity index is 569. The average molecular weight is 295 g/mol. The van der Waals surface area contributed by atoms with Crippen LogP contribution < -0.4 is 4.74 Å². The van der Waals surface area contributed by atoms with E-state index in [1.807, 2.05) is 19.1 Å². The molecule has 20 heavy (non-hydrogen) atoms. The number of benzene rings is 2. The molecule has 0 saturated carbocycles. The summed E-state index contributed by atoms with van der Waals surface area (Å²) in [6, 6.07) is 11.8. The van der Waals surface area contributed by atoms with Gasteiger partial charge in [0.1, 0.15) is 18.2 Å². The van der Waals surface area contributed by atoms with Gasteiger partial charge in [-0.25, -0.2) is 4.39 Å². The number of halogens is 2. The largest absolute Gasteiger partial charge is 0.489 e. The topological polar surface area (TPSA) is 29.5 Å². The Morgan fingerprint density at radius 3 is 2.50 bits per heavy atom. The molecule has 2 rings (SSSR count). The molecule has 0 bridgehead atoms. The lowest BCUT2D eigenvalue weighted by molar-refractivity contribution is 0.173. The molecule has 106 valence electrons. The van der Waals surface area contributed by atoms with Crippen LogP contribution in [0.1, 0.15) is 30.6 Å². The molecule has 1 N–H and O–H groups in total. The van der Waals surface area contributed by atoms with Crippen LogP contribution in [0.3, 0.4) is 0 Å². The normalized spacial score (nSPS) is 12.2. The first-order valence-electron chi connectivity index (χ1n) is 6.45. The molecule has 0 fully saturated rings. The second kappa shape index (κ2) is 6.73. The minimum atomic E-state index is -0.450. The molecule has 4 heteroatoms. The number of aliphatic hydroxyl groups is 1. The second-order valence-electron chi connectivity index (χ2n) is 4.53. The van der Waals surface area contributed by atoms with E-state index in [2.05, 4.69) is 0 Å². The van der Waals surface area contributed by atoms with Crippen molar-refractivity contribution in [3.8, 4) is 5.75 Å². The summed E-state index contributed by atoms with van der Waals surface area (Å²) >= 11 is 5.62. The van der Waals surface area contributed by atoms with Crippen molar-refractivity contribution < 1.29 is 14.2 Å². The number of hydrogen-bond acceptors (Lipinski definition) is 2. The van der Waals surface area contributed by atoms with E-state index in [-0.39, 0.29) is 11.6 Å². The minimum absolute atomic E-state index is 0.103. The Hall–Kier alpha value is -1.58. The summed E-state index contributed by atoms with van der Waals surface area (Å²) in [4.78, 5) is 0. The Kier molecular flexibility index (Phi) is 4.99. The van der Waals surface area contributed by atoms with Crippen molar-refractivity contribution in [1.82, 2.24) is 0 Å². The van der Waals surface area contributed by atoms with Crippen LogP contribution in [0.25, 0.3) is 0 Å². The molecule has 0 saturated heterocycles. The number of rotatable bonds is 5. The second-order valence-corrected chi connectivity index (χ2v) is 4.94. The van der Waals surface area contributed by atoms with Crippen molar-refractivity contribution in [3.63, 3.8) is 0 Å². The van der Waals surface area contributed by atoms with Crippen molar-refractivity contribution in [2.75, 3.05) is 0 Å². The van der Waals surface area contributed by atoms with Crippen molar-refractivity contribution in [3.05, 3.63) is 64.4 Å². The molecule has 2 aromatic rings. The smallest absolute Gasteiger partial charge is 0.142 e. The van der Waals surface area contributed by atoms with Crippen LogP contribution in [0.2, 0.25) is 5.02 Å². The maximum atomic E-state index is 13.3. The maximum absolute atomic E-state index is 13.3. The predicted octanol–water partition coefficient (Wildman–Crippen LogP) is 4.50. The Morgan fingerprint density at radius 1 is 1.20 bits per heavy atom. The van der Waals surface area contributed by atoms with E-state index < -0.39 is 11.9 Å². The fourth-order valence-electron chi connectivity index (χ4n) is 1.82. The van der Waals surface area contributed by atoms with E-state index in [0.717, 1.165) is 5.56 Å². The summed E-state index contributed by atoms with van der Waals surface area (Å²) in [7, 11) is 0. The molecule has 0 aliphatic carbocycles. The number of ether oxygens (including phenoxy) is 1. The van der Waals surface area contributed by atoms with Gasteiger partial charge in [0.15, 0.2) is 0 Å². The molecule has 0 spiro atoms.